The minimum Gasteiger partial charge on any atom is -0.444 e. The second-order valence-corrected chi connectivity index (χ2v) is 6.21. The quantitative estimate of drug-likeness (QED) is 0.778. The Kier molecular flexibility index (Phi) is 4.92. The van der Waals surface area contributed by atoms with Crippen LogP contribution in [0.5, 0.6) is 0 Å². The van der Waals surface area contributed by atoms with Gasteiger partial charge in [-0.2, -0.15) is 11.8 Å². The maximum atomic E-state index is 11.6. The van der Waals surface area contributed by atoms with Crippen LogP contribution >= 0.6 is 11.8 Å². The van der Waals surface area contributed by atoms with E-state index in [1.165, 1.54) is 0 Å². The van der Waals surface area contributed by atoms with Gasteiger partial charge in [0.05, 0.1) is 0 Å². The zero-order chi connectivity index (χ0) is 12.2. The van der Waals surface area contributed by atoms with Gasteiger partial charge in [0.2, 0.25) is 0 Å². The van der Waals surface area contributed by atoms with Crippen molar-refractivity contribution in [3.63, 3.8) is 0 Å². The summed E-state index contributed by atoms with van der Waals surface area (Å²) in [5, 5.41) is 12.0. The molecular weight excluding hydrogens is 226 g/mol. The highest BCUT2D eigenvalue weighted by Crippen LogP contribution is 2.23. The highest BCUT2D eigenvalue weighted by atomic mass is 32.2. The van der Waals surface area contributed by atoms with Crippen molar-refractivity contribution in [3.05, 3.63) is 0 Å². The number of nitrogens with one attached hydrogen (secondary N) is 1. The summed E-state index contributed by atoms with van der Waals surface area (Å²) >= 11 is 1.82. The molecule has 2 N–H and O–H groups in total. The number of thioether (sulfide) groups is 1. The highest BCUT2D eigenvalue weighted by molar-refractivity contribution is 7.99. The Morgan fingerprint density at radius 2 is 2.25 bits per heavy atom. The van der Waals surface area contributed by atoms with Gasteiger partial charge in [-0.05, 0) is 32.9 Å². The molecule has 0 aromatic heterocycles. The van der Waals surface area contributed by atoms with Crippen molar-refractivity contribution < 1.29 is 14.6 Å². The number of aliphatic hydroxyl groups is 1. The highest BCUT2D eigenvalue weighted by Gasteiger charge is 2.27. The number of rotatable bonds is 2. The number of hydrogen-bond acceptors (Lipinski definition) is 4. The first kappa shape index (κ1) is 13.6. The van der Waals surface area contributed by atoms with Gasteiger partial charge in [0.25, 0.3) is 0 Å². The van der Waals surface area contributed by atoms with E-state index < -0.39 is 5.60 Å². The van der Waals surface area contributed by atoms with E-state index in [0.29, 0.717) is 0 Å². The molecule has 94 valence electrons. The first-order valence-electron chi connectivity index (χ1n) is 5.60. The summed E-state index contributed by atoms with van der Waals surface area (Å²) in [6, 6.07) is 0.0427. The second-order valence-electron chi connectivity index (χ2n) is 5.06. The number of carbonyl (C=O) groups excluding carboxylic acids is 1. The Morgan fingerprint density at radius 1 is 1.56 bits per heavy atom. The number of hydrogen-bond donors (Lipinski definition) is 2. The van der Waals surface area contributed by atoms with Gasteiger partial charge < -0.3 is 15.2 Å². The molecule has 5 heteroatoms. The zero-order valence-corrected chi connectivity index (χ0v) is 11.0. The summed E-state index contributed by atoms with van der Waals surface area (Å²) in [7, 11) is 0. The number of ether oxygens (including phenoxy) is 1. The normalized spacial score (nSPS) is 26.2. The van der Waals surface area contributed by atoms with Gasteiger partial charge in [-0.25, -0.2) is 4.79 Å². The summed E-state index contributed by atoms with van der Waals surface area (Å²) in [6.07, 6.45) is 0.512. The third-order valence-corrected chi connectivity index (χ3v) is 3.60. The number of carbonyl (C=O) groups is 1. The lowest BCUT2D eigenvalue weighted by molar-refractivity contribution is 0.0474. The summed E-state index contributed by atoms with van der Waals surface area (Å²) in [4.78, 5) is 11.6. The van der Waals surface area contributed by atoms with Crippen LogP contribution in [0.3, 0.4) is 0 Å². The molecule has 1 saturated heterocycles. The van der Waals surface area contributed by atoms with Crippen molar-refractivity contribution >= 4 is 17.9 Å². The van der Waals surface area contributed by atoms with E-state index in [1.807, 2.05) is 32.5 Å². The van der Waals surface area contributed by atoms with Gasteiger partial charge >= 0.3 is 6.09 Å². The Balaban J connectivity index is 2.42. The molecule has 1 fully saturated rings. The zero-order valence-electron chi connectivity index (χ0n) is 10.2. The van der Waals surface area contributed by atoms with Crippen LogP contribution in [0.4, 0.5) is 4.79 Å². The van der Waals surface area contributed by atoms with Crippen LogP contribution in [-0.2, 0) is 4.74 Å². The molecule has 1 aliphatic rings. The molecule has 0 unspecified atom stereocenters. The van der Waals surface area contributed by atoms with E-state index in [1.54, 1.807) is 0 Å². The predicted octanol–water partition coefficient (Wildman–Crippen LogP) is 1.63. The lowest BCUT2D eigenvalue weighted by Crippen LogP contribution is -2.46. The Bertz CT molecular complexity index is 240. The monoisotopic (exact) mass is 247 g/mol. The summed E-state index contributed by atoms with van der Waals surface area (Å²) < 4.78 is 5.19. The lowest BCUT2D eigenvalue weighted by atomic mass is 10.00. The fraction of sp³-hybridized carbons (Fsp3) is 0.909. The fourth-order valence-corrected chi connectivity index (χ4v) is 2.85. The fourth-order valence-electron chi connectivity index (χ4n) is 1.63. The Morgan fingerprint density at radius 3 is 2.81 bits per heavy atom. The molecule has 0 aromatic rings. The number of alkyl carbamates (subject to hydrolysis) is 1. The topological polar surface area (TPSA) is 58.6 Å². The van der Waals surface area contributed by atoms with E-state index in [4.69, 9.17) is 4.74 Å². The number of amides is 1. The van der Waals surface area contributed by atoms with Crippen molar-refractivity contribution in [1.82, 2.24) is 5.32 Å². The average Bonchev–Trinajstić information content (AvgIpc) is 2.15. The van der Waals surface area contributed by atoms with Crippen LogP contribution in [0.15, 0.2) is 0 Å². The van der Waals surface area contributed by atoms with Gasteiger partial charge in [-0.1, -0.05) is 0 Å². The molecule has 1 aliphatic heterocycles. The minimum absolute atomic E-state index is 0.0427. The van der Waals surface area contributed by atoms with E-state index >= 15 is 0 Å². The molecule has 4 nitrogen and oxygen atoms in total. The number of aliphatic hydroxyl groups excluding tert-OH is 1. The Labute approximate surface area is 101 Å². The van der Waals surface area contributed by atoms with E-state index in [9.17, 15) is 9.90 Å². The maximum absolute atomic E-state index is 11.6. The molecule has 0 radical (unpaired) electrons. The molecule has 1 heterocycles. The van der Waals surface area contributed by atoms with Gasteiger partial charge in [-0.15, -0.1) is 0 Å². The van der Waals surface area contributed by atoms with E-state index in [0.717, 1.165) is 17.9 Å². The van der Waals surface area contributed by atoms with Crippen LogP contribution < -0.4 is 5.32 Å². The summed E-state index contributed by atoms with van der Waals surface area (Å²) in [5.41, 5.74) is -0.470. The molecule has 1 amide bonds. The van der Waals surface area contributed by atoms with E-state index in [2.05, 4.69) is 5.32 Å². The second kappa shape index (κ2) is 5.77. The lowest BCUT2D eigenvalue weighted by Gasteiger charge is -2.31. The molecule has 0 aromatic carbocycles. The largest absolute Gasteiger partial charge is 0.444 e. The SMILES string of the molecule is CC(C)(C)OC(=O)N[C@H]1CCSC[C@@H]1CO. The first-order chi connectivity index (χ1) is 7.42. The van der Waals surface area contributed by atoms with Gasteiger partial charge in [0.1, 0.15) is 5.60 Å². The van der Waals surface area contributed by atoms with Crippen LogP contribution in [0.25, 0.3) is 0 Å². The first-order valence-corrected chi connectivity index (χ1v) is 6.76. The molecule has 0 bridgehead atoms. The van der Waals surface area contributed by atoms with Crippen LogP contribution in [-0.4, -0.2) is 41.0 Å². The van der Waals surface area contributed by atoms with Crippen LogP contribution in [0.2, 0.25) is 0 Å². The summed E-state index contributed by atoms with van der Waals surface area (Å²) in [5.74, 6) is 2.07. The molecule has 0 spiro atoms. The van der Waals surface area contributed by atoms with Gasteiger partial charge in [0.15, 0.2) is 0 Å². The van der Waals surface area contributed by atoms with Crippen molar-refractivity contribution in [3.8, 4) is 0 Å². The summed E-state index contributed by atoms with van der Waals surface area (Å²) in [6.45, 7) is 5.64. The molecule has 16 heavy (non-hydrogen) atoms. The Hall–Kier alpha value is -0.420. The van der Waals surface area contributed by atoms with Crippen molar-refractivity contribution in [2.45, 2.75) is 38.8 Å². The molecule has 0 aliphatic carbocycles. The van der Waals surface area contributed by atoms with Crippen molar-refractivity contribution in [2.24, 2.45) is 5.92 Å². The third-order valence-electron chi connectivity index (χ3n) is 2.41. The third kappa shape index (κ3) is 4.61. The average molecular weight is 247 g/mol. The minimum atomic E-state index is -0.470. The molecule has 0 saturated carbocycles. The van der Waals surface area contributed by atoms with Gasteiger partial charge in [-0.3, -0.25) is 0 Å². The van der Waals surface area contributed by atoms with Crippen molar-refractivity contribution in [1.29, 1.82) is 0 Å². The molecular formula is C11H21NO3S. The van der Waals surface area contributed by atoms with Crippen molar-refractivity contribution in [2.75, 3.05) is 18.1 Å². The van der Waals surface area contributed by atoms with Crippen LogP contribution in [0, 0.1) is 5.92 Å². The predicted molar refractivity (Wildman–Crippen MR) is 65.7 cm³/mol. The standard InChI is InChI=1S/C11H21NO3S/c1-11(2,3)15-10(14)12-9-4-5-16-7-8(9)6-13/h8-9,13H,4-7H2,1-3H3,(H,12,14)/t8-,9-/m0/s1. The maximum Gasteiger partial charge on any atom is 0.407 e. The van der Waals surface area contributed by atoms with E-state index in [-0.39, 0.29) is 24.7 Å². The molecule has 2 atom stereocenters. The van der Waals surface area contributed by atoms with Crippen LogP contribution in [0.1, 0.15) is 27.2 Å². The van der Waals surface area contributed by atoms with Gasteiger partial charge in [0, 0.05) is 24.3 Å². The molecule has 1 rings (SSSR count). The smallest absolute Gasteiger partial charge is 0.407 e.